The number of likely N-dealkylation sites (tertiary alicyclic amines) is 1. The van der Waals surface area contributed by atoms with Crippen LogP contribution in [0.1, 0.15) is 40.5 Å². The van der Waals surface area contributed by atoms with Crippen LogP contribution in [0.3, 0.4) is 0 Å². The summed E-state index contributed by atoms with van der Waals surface area (Å²) in [6.45, 7) is 11.1. The SMILES string of the molecule is CC1(O)CCCN(C(CN)C(C)(C)C)C1. The molecule has 3 nitrogen and oxygen atoms in total. The monoisotopic (exact) mass is 214 g/mol. The van der Waals surface area contributed by atoms with E-state index in [-0.39, 0.29) is 5.41 Å². The van der Waals surface area contributed by atoms with Gasteiger partial charge in [-0.3, -0.25) is 4.90 Å². The predicted molar refractivity (Wildman–Crippen MR) is 63.7 cm³/mol. The van der Waals surface area contributed by atoms with Gasteiger partial charge in [0, 0.05) is 19.1 Å². The first kappa shape index (κ1) is 12.9. The lowest BCUT2D eigenvalue weighted by Crippen LogP contribution is -2.56. The summed E-state index contributed by atoms with van der Waals surface area (Å²) in [6, 6.07) is 0.365. The maximum atomic E-state index is 10.1. The van der Waals surface area contributed by atoms with E-state index in [1.54, 1.807) is 0 Å². The summed E-state index contributed by atoms with van der Waals surface area (Å²) in [6.07, 6.45) is 1.98. The van der Waals surface area contributed by atoms with Crippen LogP contribution in [-0.4, -0.2) is 41.3 Å². The second kappa shape index (κ2) is 4.40. The molecule has 1 rings (SSSR count). The summed E-state index contributed by atoms with van der Waals surface area (Å²) in [5.74, 6) is 0. The van der Waals surface area contributed by atoms with Crippen molar-refractivity contribution in [3.63, 3.8) is 0 Å². The molecule has 0 spiro atoms. The number of hydrogen-bond acceptors (Lipinski definition) is 3. The van der Waals surface area contributed by atoms with Gasteiger partial charge in [0.05, 0.1) is 5.60 Å². The molecule has 1 aliphatic rings. The van der Waals surface area contributed by atoms with Crippen LogP contribution < -0.4 is 5.73 Å². The van der Waals surface area contributed by atoms with Gasteiger partial charge in [0.25, 0.3) is 0 Å². The topological polar surface area (TPSA) is 49.5 Å². The molecule has 0 amide bonds. The molecule has 3 heteroatoms. The highest BCUT2D eigenvalue weighted by atomic mass is 16.3. The number of piperidine rings is 1. The molecule has 0 aromatic heterocycles. The zero-order valence-corrected chi connectivity index (χ0v) is 10.6. The molecule has 2 unspecified atom stereocenters. The van der Waals surface area contributed by atoms with Gasteiger partial charge in [-0.1, -0.05) is 20.8 Å². The molecule has 2 atom stereocenters. The van der Waals surface area contributed by atoms with Crippen LogP contribution >= 0.6 is 0 Å². The normalized spacial score (nSPS) is 31.6. The van der Waals surface area contributed by atoms with Crippen LogP contribution in [-0.2, 0) is 0 Å². The van der Waals surface area contributed by atoms with Crippen molar-refractivity contribution in [3.8, 4) is 0 Å². The lowest BCUT2D eigenvalue weighted by molar-refractivity contribution is -0.0452. The Labute approximate surface area is 93.6 Å². The van der Waals surface area contributed by atoms with Crippen molar-refractivity contribution in [1.82, 2.24) is 4.90 Å². The van der Waals surface area contributed by atoms with Crippen molar-refractivity contribution < 1.29 is 5.11 Å². The van der Waals surface area contributed by atoms with Gasteiger partial charge >= 0.3 is 0 Å². The zero-order chi connectivity index (χ0) is 11.7. The minimum absolute atomic E-state index is 0.183. The Morgan fingerprint density at radius 2 is 2.07 bits per heavy atom. The molecule has 0 bridgehead atoms. The molecule has 1 saturated heterocycles. The van der Waals surface area contributed by atoms with Gasteiger partial charge in [-0.25, -0.2) is 0 Å². The van der Waals surface area contributed by atoms with Crippen LogP contribution in [0.5, 0.6) is 0 Å². The fourth-order valence-corrected chi connectivity index (χ4v) is 2.57. The first-order valence-electron chi connectivity index (χ1n) is 5.93. The Hall–Kier alpha value is -0.120. The van der Waals surface area contributed by atoms with E-state index in [1.165, 1.54) is 0 Å². The third-order valence-corrected chi connectivity index (χ3v) is 3.37. The Kier molecular flexibility index (Phi) is 3.80. The smallest absolute Gasteiger partial charge is 0.0746 e. The van der Waals surface area contributed by atoms with Crippen LogP contribution in [0.15, 0.2) is 0 Å². The number of nitrogens with two attached hydrogens (primary N) is 1. The van der Waals surface area contributed by atoms with Crippen LogP contribution in [0.25, 0.3) is 0 Å². The molecular weight excluding hydrogens is 188 g/mol. The molecule has 0 aromatic carbocycles. The van der Waals surface area contributed by atoms with E-state index in [0.29, 0.717) is 12.6 Å². The number of β-amino-alcohol motifs (C(OH)–C–C–N with tert-alkyl or cyclic N) is 1. The molecule has 0 saturated carbocycles. The van der Waals surface area contributed by atoms with E-state index < -0.39 is 5.60 Å². The van der Waals surface area contributed by atoms with Gasteiger partial charge in [0.1, 0.15) is 0 Å². The first-order chi connectivity index (χ1) is 6.76. The number of hydrogen-bond donors (Lipinski definition) is 2. The minimum Gasteiger partial charge on any atom is -0.389 e. The van der Waals surface area contributed by atoms with Gasteiger partial charge in [0.15, 0.2) is 0 Å². The van der Waals surface area contributed by atoms with E-state index >= 15 is 0 Å². The Bertz CT molecular complexity index is 208. The van der Waals surface area contributed by atoms with Crippen molar-refractivity contribution in [3.05, 3.63) is 0 Å². The molecule has 15 heavy (non-hydrogen) atoms. The second-order valence-electron chi connectivity index (χ2n) is 6.19. The third kappa shape index (κ3) is 3.44. The summed E-state index contributed by atoms with van der Waals surface area (Å²) in [7, 11) is 0. The predicted octanol–water partition coefficient (Wildman–Crippen LogP) is 1.21. The minimum atomic E-state index is -0.531. The van der Waals surface area contributed by atoms with Gasteiger partial charge in [-0.05, 0) is 31.7 Å². The van der Waals surface area contributed by atoms with E-state index in [4.69, 9.17) is 5.73 Å². The maximum Gasteiger partial charge on any atom is 0.0746 e. The molecule has 1 aliphatic heterocycles. The third-order valence-electron chi connectivity index (χ3n) is 3.37. The summed E-state index contributed by atoms with van der Waals surface area (Å²) in [4.78, 5) is 2.35. The molecule has 3 N–H and O–H groups in total. The lowest BCUT2D eigenvalue weighted by atomic mass is 9.83. The highest BCUT2D eigenvalue weighted by molar-refractivity contribution is 4.91. The number of nitrogens with zero attached hydrogens (tertiary/aromatic N) is 1. The lowest BCUT2D eigenvalue weighted by Gasteiger charge is -2.45. The van der Waals surface area contributed by atoms with Crippen LogP contribution in [0, 0.1) is 5.41 Å². The van der Waals surface area contributed by atoms with E-state index in [9.17, 15) is 5.11 Å². The average Bonchev–Trinajstić information content (AvgIpc) is 2.00. The van der Waals surface area contributed by atoms with Gasteiger partial charge < -0.3 is 10.8 Å². The maximum absolute atomic E-state index is 10.1. The van der Waals surface area contributed by atoms with Crippen molar-refractivity contribution in [2.45, 2.75) is 52.2 Å². The van der Waals surface area contributed by atoms with Crippen LogP contribution in [0.2, 0.25) is 0 Å². The van der Waals surface area contributed by atoms with E-state index in [1.807, 2.05) is 6.92 Å². The molecule has 0 aromatic rings. The average molecular weight is 214 g/mol. The largest absolute Gasteiger partial charge is 0.389 e. The summed E-state index contributed by atoms with van der Waals surface area (Å²) >= 11 is 0. The van der Waals surface area contributed by atoms with Crippen molar-refractivity contribution in [1.29, 1.82) is 0 Å². The van der Waals surface area contributed by atoms with Crippen molar-refractivity contribution in [2.75, 3.05) is 19.6 Å². The van der Waals surface area contributed by atoms with Crippen LogP contribution in [0.4, 0.5) is 0 Å². The standard InChI is InChI=1S/C12H26N2O/c1-11(2,3)10(8-13)14-7-5-6-12(4,15)9-14/h10,15H,5-9,13H2,1-4H3. The highest BCUT2D eigenvalue weighted by Crippen LogP contribution is 2.29. The second-order valence-corrected chi connectivity index (χ2v) is 6.19. The number of aliphatic hydroxyl groups is 1. The molecule has 1 fully saturated rings. The Balaban J connectivity index is 2.69. The summed E-state index contributed by atoms with van der Waals surface area (Å²) in [5.41, 5.74) is 5.51. The summed E-state index contributed by atoms with van der Waals surface area (Å²) in [5, 5.41) is 10.1. The highest BCUT2D eigenvalue weighted by Gasteiger charge is 2.36. The molecular formula is C12H26N2O. The molecule has 0 radical (unpaired) electrons. The quantitative estimate of drug-likeness (QED) is 0.726. The van der Waals surface area contributed by atoms with Crippen molar-refractivity contribution >= 4 is 0 Å². The Morgan fingerprint density at radius 1 is 1.47 bits per heavy atom. The Morgan fingerprint density at radius 3 is 2.47 bits per heavy atom. The van der Waals surface area contributed by atoms with Gasteiger partial charge in [-0.15, -0.1) is 0 Å². The molecule has 0 aliphatic carbocycles. The van der Waals surface area contributed by atoms with E-state index in [2.05, 4.69) is 25.7 Å². The fourth-order valence-electron chi connectivity index (χ4n) is 2.57. The van der Waals surface area contributed by atoms with Gasteiger partial charge in [-0.2, -0.15) is 0 Å². The molecule has 90 valence electrons. The zero-order valence-electron chi connectivity index (χ0n) is 10.6. The summed E-state index contributed by atoms with van der Waals surface area (Å²) < 4.78 is 0. The van der Waals surface area contributed by atoms with E-state index in [0.717, 1.165) is 25.9 Å². The van der Waals surface area contributed by atoms with Gasteiger partial charge in [0.2, 0.25) is 0 Å². The first-order valence-corrected chi connectivity index (χ1v) is 5.93. The number of rotatable bonds is 2. The fraction of sp³-hybridized carbons (Fsp3) is 1.00. The molecule has 1 heterocycles. The van der Waals surface area contributed by atoms with Crippen molar-refractivity contribution in [2.24, 2.45) is 11.1 Å².